The van der Waals surface area contributed by atoms with Gasteiger partial charge in [0.15, 0.2) is 0 Å². The maximum absolute atomic E-state index is 12.5. The predicted octanol–water partition coefficient (Wildman–Crippen LogP) is 2.05. The van der Waals surface area contributed by atoms with E-state index in [9.17, 15) is 25.9 Å². The summed E-state index contributed by atoms with van der Waals surface area (Å²) in [5.41, 5.74) is 0.0138. The van der Waals surface area contributed by atoms with E-state index < -0.39 is 30.0 Å². The van der Waals surface area contributed by atoms with Gasteiger partial charge in [-0.1, -0.05) is 42.5 Å². The quantitative estimate of drug-likeness (QED) is 0.291. The van der Waals surface area contributed by atoms with Crippen LogP contribution in [-0.2, 0) is 20.2 Å². The van der Waals surface area contributed by atoms with Gasteiger partial charge in [-0.25, -0.2) is 0 Å². The Morgan fingerprint density at radius 2 is 1.29 bits per heavy atom. The third kappa shape index (κ3) is 4.84. The normalized spacial score (nSPS) is 12.2. The van der Waals surface area contributed by atoms with Gasteiger partial charge in [-0.05, 0) is 39.8 Å². The minimum atomic E-state index is -5.26. The van der Waals surface area contributed by atoms with Crippen LogP contribution in [0.5, 0.6) is 0 Å². The minimum absolute atomic E-state index is 0.0307. The van der Waals surface area contributed by atoms with Crippen molar-refractivity contribution < 1.29 is 25.9 Å². The average molecular weight is 499 g/mol. The van der Waals surface area contributed by atoms with Crippen LogP contribution in [0.3, 0.4) is 0 Å². The molecule has 0 unspecified atom stereocenters. The summed E-state index contributed by atoms with van der Waals surface area (Å²) >= 11 is 0. The van der Waals surface area contributed by atoms with Crippen molar-refractivity contribution in [1.82, 2.24) is 30.8 Å². The first-order valence-corrected chi connectivity index (χ1v) is 12.2. The molecular formula is C20H14N6O6S2. The van der Waals surface area contributed by atoms with Gasteiger partial charge in [0.25, 0.3) is 20.2 Å². The second-order valence-electron chi connectivity index (χ2n) is 6.75. The van der Waals surface area contributed by atoms with E-state index in [2.05, 4.69) is 30.8 Å². The Kier molecular flexibility index (Phi) is 6.21. The molecule has 0 bridgehead atoms. The molecule has 0 spiro atoms. The summed E-state index contributed by atoms with van der Waals surface area (Å²) in [4.78, 5) is -2.14. The highest BCUT2D eigenvalue weighted by atomic mass is 32.2. The van der Waals surface area contributed by atoms with E-state index in [-0.39, 0.29) is 28.1 Å². The molecule has 34 heavy (non-hydrogen) atoms. The number of nitrogens with zero attached hydrogens (tertiary/aromatic N) is 6. The van der Waals surface area contributed by atoms with Crippen LogP contribution < -0.4 is 0 Å². The summed E-state index contributed by atoms with van der Waals surface area (Å²) in [5, 5.41) is 21.7. The summed E-state index contributed by atoms with van der Waals surface area (Å²) in [7, 11) is -10.4. The molecule has 0 aliphatic heterocycles. The Morgan fingerprint density at radius 1 is 0.706 bits per heavy atom. The number of aromatic nitrogens is 6. The Morgan fingerprint density at radius 3 is 1.82 bits per heavy atom. The number of benzene rings is 2. The van der Waals surface area contributed by atoms with E-state index in [4.69, 9.17) is 0 Å². The van der Waals surface area contributed by atoms with Gasteiger partial charge in [0.05, 0.1) is 23.8 Å². The summed E-state index contributed by atoms with van der Waals surface area (Å²) in [6.45, 7) is 0. The zero-order valence-corrected chi connectivity index (χ0v) is 18.6. The minimum Gasteiger partial charge on any atom is -0.282 e. The fraction of sp³-hybridized carbons (Fsp3) is 0. The van der Waals surface area contributed by atoms with Crippen molar-refractivity contribution in [3.63, 3.8) is 0 Å². The van der Waals surface area contributed by atoms with E-state index in [1.165, 1.54) is 42.7 Å². The Bertz CT molecular complexity index is 1580. The summed E-state index contributed by atoms with van der Waals surface area (Å²) in [5.74, 6) is 0. The molecule has 0 saturated carbocycles. The first-order chi connectivity index (χ1) is 16.2. The van der Waals surface area contributed by atoms with Crippen LogP contribution in [0.25, 0.3) is 34.7 Å². The summed E-state index contributed by atoms with van der Waals surface area (Å²) < 4.78 is 70.1. The topological polar surface area (TPSA) is 186 Å². The first kappa shape index (κ1) is 23.2. The maximum Gasteiger partial charge on any atom is 0.296 e. The lowest BCUT2D eigenvalue weighted by Gasteiger charge is -2.17. The highest BCUT2D eigenvalue weighted by molar-refractivity contribution is 7.89. The van der Waals surface area contributed by atoms with Crippen LogP contribution >= 0.6 is 0 Å². The van der Waals surface area contributed by atoms with E-state index in [0.717, 1.165) is 0 Å². The largest absolute Gasteiger partial charge is 0.296 e. The van der Waals surface area contributed by atoms with Gasteiger partial charge in [-0.3, -0.25) is 9.11 Å². The number of hydrogen-bond donors (Lipinski definition) is 2. The molecule has 14 heteroatoms. The zero-order chi connectivity index (χ0) is 24.3. The first-order valence-electron chi connectivity index (χ1n) is 9.35. The van der Waals surface area contributed by atoms with Gasteiger partial charge in [0.1, 0.15) is 9.79 Å². The standard InChI is InChI=1S/C20H14N6O6S2/c27-33(28,29)19-14(7-6-13-4-2-1-3-5-13)12-15(16-8-10-21-25-23-16)18(20(19)34(30,31)32)17-9-11-22-26-24-17/h1-12H,(H,27,28,29)(H,30,31,32). The molecule has 0 radical (unpaired) electrons. The van der Waals surface area contributed by atoms with Gasteiger partial charge >= 0.3 is 0 Å². The molecule has 4 aromatic rings. The van der Waals surface area contributed by atoms with Crippen LogP contribution in [-0.4, -0.2) is 56.8 Å². The van der Waals surface area contributed by atoms with Crippen LogP contribution in [0.2, 0.25) is 0 Å². The van der Waals surface area contributed by atoms with Crippen molar-refractivity contribution in [2.75, 3.05) is 0 Å². The van der Waals surface area contributed by atoms with E-state index >= 15 is 0 Å². The molecule has 0 saturated heterocycles. The Labute approximate surface area is 193 Å². The van der Waals surface area contributed by atoms with Gasteiger partial charge in [0.2, 0.25) is 0 Å². The van der Waals surface area contributed by atoms with Gasteiger partial charge < -0.3 is 0 Å². The van der Waals surface area contributed by atoms with Crippen molar-refractivity contribution in [2.45, 2.75) is 9.79 Å². The van der Waals surface area contributed by atoms with E-state index in [1.54, 1.807) is 30.3 Å². The van der Waals surface area contributed by atoms with Crippen LogP contribution in [0.1, 0.15) is 11.1 Å². The molecule has 2 heterocycles. The molecule has 4 rings (SSSR count). The smallest absolute Gasteiger partial charge is 0.282 e. The highest BCUT2D eigenvalue weighted by Gasteiger charge is 2.34. The SMILES string of the molecule is O=S(=O)(O)c1c(C=Cc2ccccc2)cc(-c2ccnnn2)c(-c2ccnnn2)c1S(=O)(=O)O. The second kappa shape index (κ2) is 9.11. The average Bonchev–Trinajstić information content (AvgIpc) is 2.82. The third-order valence-electron chi connectivity index (χ3n) is 4.57. The van der Waals surface area contributed by atoms with E-state index in [1.807, 2.05) is 0 Å². The van der Waals surface area contributed by atoms with Crippen LogP contribution in [0.4, 0.5) is 0 Å². The van der Waals surface area contributed by atoms with Crippen LogP contribution in [0.15, 0.2) is 70.7 Å². The monoisotopic (exact) mass is 498 g/mol. The number of rotatable bonds is 6. The molecule has 0 aliphatic carbocycles. The lowest BCUT2D eigenvalue weighted by atomic mass is 9.97. The fourth-order valence-electron chi connectivity index (χ4n) is 3.26. The van der Waals surface area contributed by atoms with Gasteiger partial charge in [-0.2, -0.15) is 16.8 Å². The Hall–Kier alpha value is -3.98. The molecule has 0 atom stereocenters. The molecular weight excluding hydrogens is 484 g/mol. The fourth-order valence-corrected chi connectivity index (χ4v) is 5.48. The lowest BCUT2D eigenvalue weighted by molar-refractivity contribution is 0.466. The van der Waals surface area contributed by atoms with Crippen molar-refractivity contribution in [1.29, 1.82) is 0 Å². The van der Waals surface area contributed by atoms with E-state index in [0.29, 0.717) is 5.56 Å². The molecule has 0 fully saturated rings. The third-order valence-corrected chi connectivity index (χ3v) is 6.58. The molecule has 2 N–H and O–H groups in total. The molecule has 0 aliphatic rings. The molecule has 2 aromatic carbocycles. The Balaban J connectivity index is 2.19. The maximum atomic E-state index is 12.5. The number of hydrogen-bond acceptors (Lipinski definition) is 10. The second-order valence-corrected chi connectivity index (χ2v) is 9.47. The van der Waals surface area contributed by atoms with Crippen molar-refractivity contribution >= 4 is 32.4 Å². The zero-order valence-electron chi connectivity index (χ0n) is 17.0. The van der Waals surface area contributed by atoms with Gasteiger partial charge in [0, 0.05) is 11.1 Å². The highest BCUT2D eigenvalue weighted by Crippen LogP contribution is 2.41. The summed E-state index contributed by atoms with van der Waals surface area (Å²) in [6.07, 6.45) is 5.26. The van der Waals surface area contributed by atoms with Gasteiger partial charge in [-0.15, -0.1) is 20.4 Å². The lowest BCUT2D eigenvalue weighted by Crippen LogP contribution is -2.14. The molecule has 172 valence electrons. The van der Waals surface area contributed by atoms with Crippen molar-refractivity contribution in [3.05, 3.63) is 72.1 Å². The van der Waals surface area contributed by atoms with Crippen LogP contribution in [0, 0.1) is 0 Å². The summed E-state index contributed by atoms with van der Waals surface area (Å²) in [6, 6.07) is 12.6. The van der Waals surface area contributed by atoms with Crippen molar-refractivity contribution in [2.24, 2.45) is 0 Å². The molecule has 12 nitrogen and oxygen atoms in total. The predicted molar refractivity (Wildman–Crippen MR) is 119 cm³/mol. The molecule has 0 amide bonds. The molecule has 2 aromatic heterocycles. The van der Waals surface area contributed by atoms with Crippen molar-refractivity contribution in [3.8, 4) is 22.5 Å².